The number of ether oxygens (including phenoxy) is 5. The highest BCUT2D eigenvalue weighted by Crippen LogP contribution is 2.45. The van der Waals surface area contributed by atoms with E-state index in [-0.39, 0.29) is 12.5 Å². The second-order valence-electron chi connectivity index (χ2n) is 17.3. The summed E-state index contributed by atoms with van der Waals surface area (Å²) in [6.45, 7) is 8.31. The van der Waals surface area contributed by atoms with Gasteiger partial charge in [0.25, 0.3) is 5.91 Å². The van der Waals surface area contributed by atoms with Crippen LogP contribution in [0.4, 0.5) is 11.5 Å². The van der Waals surface area contributed by atoms with E-state index in [2.05, 4.69) is 31.1 Å². The van der Waals surface area contributed by atoms with Crippen LogP contribution in [0.3, 0.4) is 0 Å². The Labute approximate surface area is 419 Å². The fourth-order valence-electron chi connectivity index (χ4n) is 8.30. The molecule has 7 atom stereocenters. The number of pyridine rings is 2. The van der Waals surface area contributed by atoms with Crippen molar-refractivity contribution in [2.75, 3.05) is 23.8 Å². The molecule has 4 aromatic rings. The number of aliphatic hydroxyl groups is 1. The van der Waals surface area contributed by atoms with E-state index in [0.717, 1.165) is 85.1 Å². The number of anilines is 2. The van der Waals surface area contributed by atoms with Crippen LogP contribution in [-0.4, -0.2) is 99.5 Å². The Kier molecular flexibility index (Phi) is 23.8. The minimum Gasteiger partial charge on any atom is -0.462 e. The molecular formula is C52H68N6O14. The van der Waals surface area contributed by atoms with Gasteiger partial charge in [-0.3, -0.25) is 38.5 Å². The number of carbonyl (C=O) groups is 7. The van der Waals surface area contributed by atoms with Crippen LogP contribution in [0.2, 0.25) is 0 Å². The molecule has 3 heterocycles. The van der Waals surface area contributed by atoms with Gasteiger partial charge in [0.2, 0.25) is 12.0 Å². The molecule has 0 unspecified atom stereocenters. The summed E-state index contributed by atoms with van der Waals surface area (Å²) in [6, 6.07) is 17.9. The Morgan fingerprint density at radius 3 is 1.81 bits per heavy atom. The third-order valence-electron chi connectivity index (χ3n) is 11.4. The average Bonchev–Trinajstić information content (AvgIpc) is 3.67. The van der Waals surface area contributed by atoms with Crippen LogP contribution in [0.25, 0.3) is 0 Å². The molecule has 20 nitrogen and oxygen atoms in total. The minimum atomic E-state index is -1.84. The van der Waals surface area contributed by atoms with Crippen LogP contribution in [-0.2, 0) is 57.2 Å². The lowest BCUT2D eigenvalue weighted by Gasteiger charge is -2.34. The van der Waals surface area contributed by atoms with Gasteiger partial charge in [-0.2, -0.15) is 0 Å². The zero-order valence-corrected chi connectivity index (χ0v) is 42.1. The fourth-order valence-corrected chi connectivity index (χ4v) is 8.30. The number of nitrogens with zero attached hydrogens (tertiary/aromatic N) is 3. The topological polar surface area (TPSA) is 274 Å². The fraction of sp³-hybridized carbons (Fsp3) is 0.500. The normalized spacial score (nSPS) is 13.9. The van der Waals surface area contributed by atoms with E-state index < -0.39 is 84.8 Å². The number of hydrogen-bond acceptors (Lipinski definition) is 18. The Morgan fingerprint density at radius 2 is 1.24 bits per heavy atom. The highest BCUT2D eigenvalue weighted by molar-refractivity contribution is 5.91. The molecule has 0 saturated carbocycles. The summed E-state index contributed by atoms with van der Waals surface area (Å²) in [6.07, 6.45) is 3.27. The predicted octanol–water partition coefficient (Wildman–Crippen LogP) is 7.00. The number of esters is 5. The first kappa shape index (κ1) is 57.4. The average molecular weight is 1000 g/mol. The van der Waals surface area contributed by atoms with E-state index in [1.807, 2.05) is 60.7 Å². The smallest absolute Gasteiger partial charge is 0.303 e. The number of para-hydroxylation sites is 1. The Bertz CT molecular complexity index is 2360. The third-order valence-corrected chi connectivity index (χ3v) is 11.4. The van der Waals surface area contributed by atoms with Crippen LogP contribution in [0, 0.1) is 13.8 Å². The number of benzene rings is 1. The number of rotatable bonds is 30. The van der Waals surface area contributed by atoms with Gasteiger partial charge in [0.1, 0.15) is 18.2 Å². The van der Waals surface area contributed by atoms with E-state index in [1.165, 1.54) is 0 Å². The summed E-state index contributed by atoms with van der Waals surface area (Å²) in [5.74, 6) is -4.99. The van der Waals surface area contributed by atoms with Crippen molar-refractivity contribution in [3.05, 3.63) is 101 Å². The van der Waals surface area contributed by atoms with Gasteiger partial charge < -0.3 is 49.3 Å². The number of hydrogen-bond donors (Lipinski definition) is 4. The van der Waals surface area contributed by atoms with Gasteiger partial charge in [0, 0.05) is 76.9 Å². The Balaban J connectivity index is 1.27. The SMILES string of the molecule is CC(=O)OC[C@H](OC(C)=O)[C@H](OC(C)=O)[C@@H](OC(C)=O)[C@H](OC(C)=O)C(=O)NCCCCCCCCCCCC(=O)Nc1ccccc1[C@@H](Nc1ccccn1)[C@H](c1ccccn1)[C@H](O)c1c(C)noc1C. The van der Waals surface area contributed by atoms with Crippen LogP contribution in [0.15, 0.2) is 77.6 Å². The summed E-state index contributed by atoms with van der Waals surface area (Å²) in [7, 11) is 0. The lowest BCUT2D eigenvalue weighted by molar-refractivity contribution is -0.203. The van der Waals surface area contributed by atoms with Gasteiger partial charge in [-0.25, -0.2) is 4.98 Å². The maximum Gasteiger partial charge on any atom is 0.303 e. The Morgan fingerprint density at radius 1 is 0.653 bits per heavy atom. The lowest BCUT2D eigenvalue weighted by Crippen LogP contribution is -2.57. The quantitative estimate of drug-likeness (QED) is 0.0232. The van der Waals surface area contributed by atoms with E-state index in [1.54, 1.807) is 26.2 Å². The molecule has 0 fully saturated rings. The van der Waals surface area contributed by atoms with E-state index in [4.69, 9.17) is 28.2 Å². The molecule has 0 radical (unpaired) electrons. The molecule has 0 bridgehead atoms. The highest BCUT2D eigenvalue weighted by atomic mass is 16.6. The molecule has 4 rings (SSSR count). The first-order chi connectivity index (χ1) is 34.5. The van der Waals surface area contributed by atoms with Crippen molar-refractivity contribution in [2.45, 2.75) is 155 Å². The van der Waals surface area contributed by atoms with Crippen molar-refractivity contribution >= 4 is 53.2 Å². The highest BCUT2D eigenvalue weighted by Gasteiger charge is 2.47. The first-order valence-corrected chi connectivity index (χ1v) is 24.1. The standard InChI is InChI=1S/C52H68N6O14/c1-32-45(33(2)72-58-32)48(65)46(41-25-18-21-28-53-41)47(57-43-26-19-22-29-54-43)39-23-16-17-24-40(39)56-44(64)27-15-13-11-9-8-10-12-14-20-30-55-52(66)51(71-38(7)63)50(70-37(6)62)49(69-36(5)61)42(68-35(4)60)31-67-34(3)59/h16-19,21-26,28-29,42,46-51,65H,8-15,20,27,30-31H2,1-7H3,(H,54,57)(H,55,66)(H,56,64)/t42-,46-,47+,48+,49-,50+,51-/m0/s1. The molecule has 1 aromatic carbocycles. The van der Waals surface area contributed by atoms with Crippen LogP contribution >= 0.6 is 0 Å². The summed E-state index contributed by atoms with van der Waals surface area (Å²) < 4.78 is 31.7. The van der Waals surface area contributed by atoms with E-state index in [9.17, 15) is 38.7 Å². The maximum absolute atomic E-state index is 13.5. The van der Waals surface area contributed by atoms with E-state index >= 15 is 0 Å². The van der Waals surface area contributed by atoms with Crippen LogP contribution < -0.4 is 16.0 Å². The van der Waals surface area contributed by atoms with Crippen LogP contribution in [0.1, 0.15) is 145 Å². The number of aliphatic hydroxyl groups excluding tert-OH is 1. The zero-order chi connectivity index (χ0) is 52.6. The molecule has 0 saturated heterocycles. The molecule has 3 aromatic heterocycles. The largest absolute Gasteiger partial charge is 0.462 e. The molecular weight excluding hydrogens is 933 g/mol. The molecule has 0 aliphatic carbocycles. The van der Waals surface area contributed by atoms with Gasteiger partial charge in [0.05, 0.1) is 23.8 Å². The minimum absolute atomic E-state index is 0.137. The van der Waals surface area contributed by atoms with E-state index in [0.29, 0.717) is 53.5 Å². The Hall–Kier alpha value is -7.22. The molecule has 0 spiro atoms. The van der Waals surface area contributed by atoms with Gasteiger partial charge in [-0.05, 0) is 62.6 Å². The van der Waals surface area contributed by atoms with Gasteiger partial charge in [-0.15, -0.1) is 0 Å². The molecule has 72 heavy (non-hydrogen) atoms. The monoisotopic (exact) mass is 1000 g/mol. The summed E-state index contributed by atoms with van der Waals surface area (Å²) in [5.41, 5.74) is 3.06. The van der Waals surface area contributed by atoms with Crippen molar-refractivity contribution in [1.82, 2.24) is 20.4 Å². The molecule has 2 amide bonds. The number of aryl methyl sites for hydroxylation is 2. The first-order valence-electron chi connectivity index (χ1n) is 24.1. The van der Waals surface area contributed by atoms with Gasteiger partial charge in [0.15, 0.2) is 18.3 Å². The second-order valence-corrected chi connectivity index (χ2v) is 17.3. The number of amides is 2. The molecule has 4 N–H and O–H groups in total. The van der Waals surface area contributed by atoms with Crippen molar-refractivity contribution in [3.63, 3.8) is 0 Å². The van der Waals surface area contributed by atoms with Crippen molar-refractivity contribution < 1.29 is 66.9 Å². The molecule has 20 heteroatoms. The summed E-state index contributed by atoms with van der Waals surface area (Å²) >= 11 is 0. The zero-order valence-electron chi connectivity index (χ0n) is 42.1. The predicted molar refractivity (Wildman–Crippen MR) is 262 cm³/mol. The van der Waals surface area contributed by atoms with Crippen molar-refractivity contribution in [1.29, 1.82) is 0 Å². The molecule has 390 valence electrons. The number of nitrogens with one attached hydrogen (secondary N) is 3. The number of carbonyl (C=O) groups excluding carboxylic acids is 7. The maximum atomic E-state index is 13.5. The van der Waals surface area contributed by atoms with Crippen LogP contribution in [0.5, 0.6) is 0 Å². The number of unbranched alkanes of at least 4 members (excludes halogenated alkanes) is 8. The van der Waals surface area contributed by atoms with Crippen molar-refractivity contribution in [3.8, 4) is 0 Å². The summed E-state index contributed by atoms with van der Waals surface area (Å²) in [5, 5.41) is 25.6. The third kappa shape index (κ3) is 18.8. The molecule has 0 aliphatic rings. The number of aromatic nitrogens is 3. The second kappa shape index (κ2) is 29.8. The molecule has 0 aliphatic heterocycles. The van der Waals surface area contributed by atoms with Crippen molar-refractivity contribution in [2.24, 2.45) is 0 Å². The summed E-state index contributed by atoms with van der Waals surface area (Å²) in [4.78, 5) is 96.3. The lowest BCUT2D eigenvalue weighted by atomic mass is 9.81. The van der Waals surface area contributed by atoms with Gasteiger partial charge >= 0.3 is 29.8 Å². The van der Waals surface area contributed by atoms with Gasteiger partial charge in [-0.1, -0.05) is 80.4 Å².